The van der Waals surface area contributed by atoms with Crippen molar-refractivity contribution in [1.29, 1.82) is 0 Å². The molecule has 0 aromatic heterocycles. The van der Waals surface area contributed by atoms with Gasteiger partial charge in [0.15, 0.2) is 0 Å². The number of benzene rings is 1. The number of aliphatic carboxylic acids is 2. The standard InChI is InChI=1S/C14H13FO5/c15-8-3-1-7(2-4-8)11-10(16)6-5-9(13(17)18)12(11)14(19)20/h1-4,9,11-12H,5-6H2,(H,17,18)(H,19,20)/t9-,11+,12+/m0/s1. The smallest absolute Gasteiger partial charge is 0.308 e. The second-order valence-electron chi connectivity index (χ2n) is 4.84. The highest BCUT2D eigenvalue weighted by Crippen LogP contribution is 2.39. The number of ketones is 1. The minimum Gasteiger partial charge on any atom is -0.481 e. The highest BCUT2D eigenvalue weighted by molar-refractivity contribution is 5.95. The number of carbonyl (C=O) groups excluding carboxylic acids is 1. The molecule has 1 saturated carbocycles. The monoisotopic (exact) mass is 280 g/mol. The molecule has 20 heavy (non-hydrogen) atoms. The maximum Gasteiger partial charge on any atom is 0.308 e. The summed E-state index contributed by atoms with van der Waals surface area (Å²) in [6.45, 7) is 0. The number of hydrogen-bond acceptors (Lipinski definition) is 3. The van der Waals surface area contributed by atoms with Gasteiger partial charge in [-0.15, -0.1) is 0 Å². The van der Waals surface area contributed by atoms with Gasteiger partial charge in [0.2, 0.25) is 0 Å². The first-order valence-electron chi connectivity index (χ1n) is 6.15. The van der Waals surface area contributed by atoms with Crippen LogP contribution in [0.15, 0.2) is 24.3 Å². The minimum absolute atomic E-state index is 0.0167. The quantitative estimate of drug-likeness (QED) is 0.878. The molecule has 0 amide bonds. The second-order valence-corrected chi connectivity index (χ2v) is 4.84. The fraction of sp³-hybridized carbons (Fsp3) is 0.357. The number of halogens is 1. The molecule has 1 fully saturated rings. The van der Waals surface area contributed by atoms with E-state index in [0.717, 1.165) is 12.1 Å². The number of hydrogen-bond donors (Lipinski definition) is 2. The Labute approximate surface area is 114 Å². The van der Waals surface area contributed by atoms with Crippen LogP contribution in [0.4, 0.5) is 4.39 Å². The first kappa shape index (κ1) is 14.2. The fourth-order valence-corrected chi connectivity index (χ4v) is 2.72. The number of carboxylic acid groups (broad SMARTS) is 2. The molecule has 1 aliphatic rings. The molecular formula is C14H13FO5. The maximum atomic E-state index is 12.9. The first-order chi connectivity index (χ1) is 9.41. The van der Waals surface area contributed by atoms with Gasteiger partial charge in [0, 0.05) is 6.42 Å². The zero-order chi connectivity index (χ0) is 14.9. The highest BCUT2D eigenvalue weighted by Gasteiger charge is 2.46. The molecule has 1 aliphatic carbocycles. The molecule has 1 aromatic carbocycles. The zero-order valence-corrected chi connectivity index (χ0v) is 10.5. The van der Waals surface area contributed by atoms with Crippen LogP contribution in [0.1, 0.15) is 24.3 Å². The van der Waals surface area contributed by atoms with E-state index in [4.69, 9.17) is 5.11 Å². The Morgan fingerprint density at radius 1 is 1.10 bits per heavy atom. The van der Waals surface area contributed by atoms with E-state index in [1.807, 2.05) is 0 Å². The Bertz CT molecular complexity index is 551. The molecule has 106 valence electrons. The SMILES string of the molecule is O=C(O)[C@@H]1[C@@H](C(=O)O)CCC(=O)[C@H]1c1ccc(F)cc1. The second kappa shape index (κ2) is 5.40. The summed E-state index contributed by atoms with van der Waals surface area (Å²) in [5.41, 5.74) is 0.342. The molecule has 0 saturated heterocycles. The van der Waals surface area contributed by atoms with E-state index in [0.29, 0.717) is 5.56 Å². The largest absolute Gasteiger partial charge is 0.481 e. The molecule has 0 bridgehead atoms. The molecule has 2 rings (SSSR count). The molecule has 6 heteroatoms. The van der Waals surface area contributed by atoms with Gasteiger partial charge >= 0.3 is 11.9 Å². The lowest BCUT2D eigenvalue weighted by atomic mass is 9.68. The predicted octanol–water partition coefficient (Wildman–Crippen LogP) is 1.67. The van der Waals surface area contributed by atoms with Crippen molar-refractivity contribution >= 4 is 17.7 Å². The van der Waals surface area contributed by atoms with Crippen LogP contribution in [0, 0.1) is 17.7 Å². The molecule has 1 aromatic rings. The molecular weight excluding hydrogens is 267 g/mol. The summed E-state index contributed by atoms with van der Waals surface area (Å²) < 4.78 is 12.9. The van der Waals surface area contributed by atoms with Crippen LogP contribution >= 0.6 is 0 Å². The average Bonchev–Trinajstić information content (AvgIpc) is 2.39. The fourth-order valence-electron chi connectivity index (χ4n) is 2.72. The van der Waals surface area contributed by atoms with Crippen molar-refractivity contribution in [2.24, 2.45) is 11.8 Å². The lowest BCUT2D eigenvalue weighted by Gasteiger charge is -2.32. The molecule has 5 nitrogen and oxygen atoms in total. The highest BCUT2D eigenvalue weighted by atomic mass is 19.1. The topological polar surface area (TPSA) is 91.7 Å². The van der Waals surface area contributed by atoms with E-state index in [1.54, 1.807) is 0 Å². The molecule has 0 radical (unpaired) electrons. The molecule has 0 heterocycles. The Hall–Kier alpha value is -2.24. The Balaban J connectivity index is 2.44. The van der Waals surface area contributed by atoms with Crippen molar-refractivity contribution in [2.75, 3.05) is 0 Å². The van der Waals surface area contributed by atoms with E-state index in [9.17, 15) is 23.9 Å². The van der Waals surface area contributed by atoms with Crippen molar-refractivity contribution in [3.05, 3.63) is 35.6 Å². The van der Waals surface area contributed by atoms with Crippen LogP contribution in [-0.2, 0) is 14.4 Å². The Morgan fingerprint density at radius 2 is 1.70 bits per heavy atom. The summed E-state index contributed by atoms with van der Waals surface area (Å²) in [7, 11) is 0. The van der Waals surface area contributed by atoms with E-state index in [-0.39, 0.29) is 18.6 Å². The number of rotatable bonds is 3. The van der Waals surface area contributed by atoms with Gasteiger partial charge in [-0.1, -0.05) is 12.1 Å². The van der Waals surface area contributed by atoms with E-state index in [2.05, 4.69) is 0 Å². The molecule has 0 spiro atoms. The van der Waals surface area contributed by atoms with Crippen molar-refractivity contribution in [1.82, 2.24) is 0 Å². The van der Waals surface area contributed by atoms with Gasteiger partial charge < -0.3 is 10.2 Å². The van der Waals surface area contributed by atoms with Gasteiger partial charge in [-0.05, 0) is 24.1 Å². The average molecular weight is 280 g/mol. The van der Waals surface area contributed by atoms with Crippen molar-refractivity contribution in [3.8, 4) is 0 Å². The summed E-state index contributed by atoms with van der Waals surface area (Å²) in [6.07, 6.45) is 0.0334. The summed E-state index contributed by atoms with van der Waals surface area (Å²) in [5, 5.41) is 18.4. The van der Waals surface area contributed by atoms with Crippen LogP contribution < -0.4 is 0 Å². The van der Waals surface area contributed by atoms with Crippen LogP contribution in [0.5, 0.6) is 0 Å². The van der Waals surface area contributed by atoms with Gasteiger partial charge in [0.05, 0.1) is 17.8 Å². The molecule has 0 unspecified atom stereocenters. The van der Waals surface area contributed by atoms with Gasteiger partial charge in [-0.25, -0.2) is 4.39 Å². The van der Waals surface area contributed by atoms with Crippen molar-refractivity contribution in [2.45, 2.75) is 18.8 Å². The Kier molecular flexibility index (Phi) is 3.83. The Morgan fingerprint density at radius 3 is 2.20 bits per heavy atom. The first-order valence-corrected chi connectivity index (χ1v) is 6.15. The van der Waals surface area contributed by atoms with Crippen molar-refractivity contribution in [3.63, 3.8) is 0 Å². The predicted molar refractivity (Wildman–Crippen MR) is 65.6 cm³/mol. The van der Waals surface area contributed by atoms with Gasteiger partial charge in [-0.2, -0.15) is 0 Å². The third kappa shape index (κ3) is 2.54. The summed E-state index contributed by atoms with van der Waals surface area (Å²) in [4.78, 5) is 34.6. The lowest BCUT2D eigenvalue weighted by Crippen LogP contribution is -2.41. The lowest BCUT2D eigenvalue weighted by molar-refractivity contribution is -0.158. The maximum absolute atomic E-state index is 12.9. The number of Topliss-reactive ketones (excluding diaryl/α,β-unsaturated/α-hetero) is 1. The van der Waals surface area contributed by atoms with Crippen LogP contribution in [-0.4, -0.2) is 27.9 Å². The van der Waals surface area contributed by atoms with Gasteiger partial charge in [0.1, 0.15) is 11.6 Å². The third-order valence-corrected chi connectivity index (χ3v) is 3.67. The van der Waals surface area contributed by atoms with Gasteiger partial charge in [0.25, 0.3) is 0 Å². The van der Waals surface area contributed by atoms with Gasteiger partial charge in [-0.3, -0.25) is 14.4 Å². The number of carboxylic acids is 2. The van der Waals surface area contributed by atoms with Crippen molar-refractivity contribution < 1.29 is 29.0 Å². The minimum atomic E-state index is -1.32. The van der Waals surface area contributed by atoms with Crippen LogP contribution in [0.25, 0.3) is 0 Å². The zero-order valence-electron chi connectivity index (χ0n) is 10.5. The summed E-state index contributed by atoms with van der Waals surface area (Å²) in [6, 6.07) is 4.92. The van der Waals surface area contributed by atoms with E-state index < -0.39 is 35.5 Å². The molecule has 3 atom stereocenters. The van der Waals surface area contributed by atoms with Crippen LogP contribution in [0.3, 0.4) is 0 Å². The van der Waals surface area contributed by atoms with E-state index >= 15 is 0 Å². The van der Waals surface area contributed by atoms with E-state index in [1.165, 1.54) is 12.1 Å². The molecule has 0 aliphatic heterocycles. The third-order valence-electron chi connectivity index (χ3n) is 3.67. The molecule has 2 N–H and O–H groups in total. The summed E-state index contributed by atoms with van der Waals surface area (Å²) >= 11 is 0. The van der Waals surface area contributed by atoms with Crippen LogP contribution in [0.2, 0.25) is 0 Å². The number of carbonyl (C=O) groups is 3. The summed E-state index contributed by atoms with van der Waals surface area (Å²) in [5.74, 6) is -6.83. The normalized spacial score (nSPS) is 26.2.